The minimum absolute atomic E-state index is 0.982. The summed E-state index contributed by atoms with van der Waals surface area (Å²) in [6, 6.07) is 2.06. The molecule has 0 radical (unpaired) electrons. The van der Waals surface area contributed by atoms with E-state index in [4.69, 9.17) is 4.42 Å². The van der Waals surface area contributed by atoms with Gasteiger partial charge in [-0.3, -0.25) is 0 Å². The molecule has 3 nitrogen and oxygen atoms in total. The van der Waals surface area contributed by atoms with E-state index in [0.717, 1.165) is 31.9 Å². The monoisotopic (exact) mass is 224 g/mol. The van der Waals surface area contributed by atoms with E-state index in [1.54, 1.807) is 6.26 Å². The van der Waals surface area contributed by atoms with Crippen LogP contribution in [0.1, 0.15) is 31.1 Å². The highest BCUT2D eigenvalue weighted by Crippen LogP contribution is 2.10. The van der Waals surface area contributed by atoms with E-state index in [9.17, 15) is 0 Å². The summed E-state index contributed by atoms with van der Waals surface area (Å²) >= 11 is 0. The molecule has 1 rings (SSSR count). The highest BCUT2D eigenvalue weighted by atomic mass is 16.3. The molecule has 0 aliphatic heterocycles. The maximum Gasteiger partial charge on any atom is 0.105 e. The van der Waals surface area contributed by atoms with Gasteiger partial charge < -0.3 is 14.6 Å². The predicted molar refractivity (Wildman–Crippen MR) is 67.6 cm³/mol. The van der Waals surface area contributed by atoms with Gasteiger partial charge in [-0.25, -0.2) is 0 Å². The topological polar surface area (TPSA) is 28.4 Å². The summed E-state index contributed by atoms with van der Waals surface area (Å²) in [5.74, 6) is 1.04. The molecule has 0 aromatic carbocycles. The number of aryl methyl sites for hydroxylation is 1. The Bertz CT molecular complexity index is 283. The van der Waals surface area contributed by atoms with Gasteiger partial charge in [-0.1, -0.05) is 6.92 Å². The van der Waals surface area contributed by atoms with Crippen LogP contribution in [0, 0.1) is 6.92 Å². The van der Waals surface area contributed by atoms with E-state index < -0.39 is 0 Å². The normalized spacial score (nSPS) is 11.2. The van der Waals surface area contributed by atoms with Gasteiger partial charge in [-0.15, -0.1) is 0 Å². The number of nitrogens with zero attached hydrogens (tertiary/aromatic N) is 1. The molecule has 0 amide bonds. The number of nitrogens with one attached hydrogen (secondary N) is 1. The van der Waals surface area contributed by atoms with Crippen LogP contribution in [0.15, 0.2) is 16.7 Å². The summed E-state index contributed by atoms with van der Waals surface area (Å²) in [6.45, 7) is 8.57. The molecule has 0 unspecified atom stereocenters. The predicted octanol–water partition coefficient (Wildman–Crippen LogP) is 2.41. The third-order valence-corrected chi connectivity index (χ3v) is 2.73. The Labute approximate surface area is 98.8 Å². The minimum Gasteiger partial charge on any atom is -0.469 e. The maximum absolute atomic E-state index is 5.28. The Morgan fingerprint density at radius 3 is 2.81 bits per heavy atom. The van der Waals surface area contributed by atoms with Crippen molar-refractivity contribution < 1.29 is 4.42 Å². The van der Waals surface area contributed by atoms with Gasteiger partial charge in [-0.2, -0.15) is 0 Å². The lowest BCUT2D eigenvalue weighted by atomic mass is 10.2. The molecule has 0 bridgehead atoms. The summed E-state index contributed by atoms with van der Waals surface area (Å²) in [5, 5.41) is 3.42. The van der Waals surface area contributed by atoms with Crippen molar-refractivity contribution in [2.75, 3.05) is 26.7 Å². The van der Waals surface area contributed by atoms with E-state index in [0.29, 0.717) is 0 Å². The van der Waals surface area contributed by atoms with E-state index in [-0.39, 0.29) is 0 Å². The SMILES string of the molecule is CCCNCCCN(C)Cc1ccoc1C. The molecule has 3 heteroatoms. The van der Waals surface area contributed by atoms with Crippen LogP contribution in [-0.2, 0) is 6.54 Å². The zero-order chi connectivity index (χ0) is 11.8. The molecular weight excluding hydrogens is 200 g/mol. The lowest BCUT2D eigenvalue weighted by Crippen LogP contribution is -2.24. The average molecular weight is 224 g/mol. The van der Waals surface area contributed by atoms with Crippen LogP contribution < -0.4 is 5.32 Å². The largest absolute Gasteiger partial charge is 0.469 e. The number of hydrogen-bond acceptors (Lipinski definition) is 3. The molecule has 1 aromatic heterocycles. The molecule has 0 atom stereocenters. The van der Waals surface area contributed by atoms with Gasteiger partial charge in [-0.05, 0) is 52.5 Å². The van der Waals surface area contributed by atoms with Crippen LogP contribution in [0.25, 0.3) is 0 Å². The van der Waals surface area contributed by atoms with E-state index in [2.05, 4.69) is 30.3 Å². The van der Waals surface area contributed by atoms with Gasteiger partial charge in [0.2, 0.25) is 0 Å². The van der Waals surface area contributed by atoms with Crippen LogP contribution in [0.2, 0.25) is 0 Å². The molecule has 0 saturated heterocycles. The lowest BCUT2D eigenvalue weighted by molar-refractivity contribution is 0.317. The zero-order valence-corrected chi connectivity index (χ0v) is 10.8. The number of hydrogen-bond donors (Lipinski definition) is 1. The highest BCUT2D eigenvalue weighted by Gasteiger charge is 2.04. The molecule has 1 heterocycles. The molecule has 0 fully saturated rings. The van der Waals surface area contributed by atoms with Gasteiger partial charge in [0.1, 0.15) is 5.76 Å². The molecule has 92 valence electrons. The van der Waals surface area contributed by atoms with Crippen LogP contribution in [0.4, 0.5) is 0 Å². The Balaban J connectivity index is 2.11. The molecule has 0 saturated carbocycles. The molecule has 0 aliphatic carbocycles. The summed E-state index contributed by atoms with van der Waals surface area (Å²) in [7, 11) is 2.16. The van der Waals surface area contributed by atoms with E-state index >= 15 is 0 Å². The van der Waals surface area contributed by atoms with Crippen molar-refractivity contribution in [2.45, 2.75) is 33.2 Å². The Morgan fingerprint density at radius 2 is 2.19 bits per heavy atom. The molecule has 1 aromatic rings. The smallest absolute Gasteiger partial charge is 0.105 e. The molecule has 1 N–H and O–H groups in total. The second-order valence-electron chi connectivity index (χ2n) is 4.34. The van der Waals surface area contributed by atoms with Crippen LogP contribution in [0.3, 0.4) is 0 Å². The van der Waals surface area contributed by atoms with Gasteiger partial charge in [0.05, 0.1) is 6.26 Å². The van der Waals surface area contributed by atoms with E-state index in [1.165, 1.54) is 18.4 Å². The van der Waals surface area contributed by atoms with Crippen molar-refractivity contribution in [3.8, 4) is 0 Å². The first-order valence-corrected chi connectivity index (χ1v) is 6.16. The first kappa shape index (κ1) is 13.3. The van der Waals surface area contributed by atoms with Gasteiger partial charge in [0.15, 0.2) is 0 Å². The Hall–Kier alpha value is -0.800. The average Bonchev–Trinajstić information content (AvgIpc) is 2.64. The number of rotatable bonds is 8. The standard InChI is InChI=1S/C13H24N2O/c1-4-7-14-8-5-9-15(3)11-13-6-10-16-12(13)2/h6,10,14H,4-5,7-9,11H2,1-3H3. The lowest BCUT2D eigenvalue weighted by Gasteiger charge is -2.16. The number of furan rings is 1. The summed E-state index contributed by atoms with van der Waals surface area (Å²) < 4.78 is 5.28. The van der Waals surface area contributed by atoms with Gasteiger partial charge in [0, 0.05) is 12.1 Å². The minimum atomic E-state index is 0.982. The first-order valence-electron chi connectivity index (χ1n) is 6.16. The quantitative estimate of drug-likeness (QED) is 0.687. The van der Waals surface area contributed by atoms with Crippen LogP contribution in [-0.4, -0.2) is 31.6 Å². The fourth-order valence-electron chi connectivity index (χ4n) is 1.72. The van der Waals surface area contributed by atoms with Crippen LogP contribution in [0.5, 0.6) is 0 Å². The van der Waals surface area contributed by atoms with Crippen molar-refractivity contribution >= 4 is 0 Å². The van der Waals surface area contributed by atoms with Crippen molar-refractivity contribution in [3.05, 3.63) is 23.7 Å². The Kier molecular flexibility index (Phi) is 6.19. The first-order chi connectivity index (χ1) is 7.74. The second-order valence-corrected chi connectivity index (χ2v) is 4.34. The Morgan fingerprint density at radius 1 is 1.38 bits per heavy atom. The van der Waals surface area contributed by atoms with Crippen molar-refractivity contribution in [3.63, 3.8) is 0 Å². The third kappa shape index (κ3) is 4.81. The van der Waals surface area contributed by atoms with Crippen molar-refractivity contribution in [1.82, 2.24) is 10.2 Å². The molecule has 0 spiro atoms. The van der Waals surface area contributed by atoms with Crippen molar-refractivity contribution in [2.24, 2.45) is 0 Å². The summed E-state index contributed by atoms with van der Waals surface area (Å²) in [6.07, 6.45) is 4.18. The summed E-state index contributed by atoms with van der Waals surface area (Å²) in [5.41, 5.74) is 1.30. The molecule has 16 heavy (non-hydrogen) atoms. The van der Waals surface area contributed by atoms with E-state index in [1.807, 2.05) is 6.92 Å². The highest BCUT2D eigenvalue weighted by molar-refractivity contribution is 5.14. The molecular formula is C13H24N2O. The van der Waals surface area contributed by atoms with Gasteiger partial charge >= 0.3 is 0 Å². The fourth-order valence-corrected chi connectivity index (χ4v) is 1.72. The van der Waals surface area contributed by atoms with Crippen LogP contribution >= 0.6 is 0 Å². The third-order valence-electron chi connectivity index (χ3n) is 2.73. The second kappa shape index (κ2) is 7.47. The van der Waals surface area contributed by atoms with Gasteiger partial charge in [0.25, 0.3) is 0 Å². The molecule has 0 aliphatic rings. The summed E-state index contributed by atoms with van der Waals surface area (Å²) in [4.78, 5) is 2.34. The maximum atomic E-state index is 5.28. The zero-order valence-electron chi connectivity index (χ0n) is 10.8. The fraction of sp³-hybridized carbons (Fsp3) is 0.692. The van der Waals surface area contributed by atoms with Crippen molar-refractivity contribution in [1.29, 1.82) is 0 Å².